The van der Waals surface area contributed by atoms with E-state index in [2.05, 4.69) is 136 Å². The van der Waals surface area contributed by atoms with Crippen LogP contribution in [-0.2, 0) is 25.8 Å². The van der Waals surface area contributed by atoms with E-state index in [1.54, 1.807) is 10.4 Å². The smallest absolute Gasteiger partial charge is 1.00 e. The van der Waals surface area contributed by atoms with Crippen LogP contribution in [0.25, 0.3) is 0 Å². The molecular formula is C28H37Cl2HfSi3. The summed E-state index contributed by atoms with van der Waals surface area (Å²) >= 11 is 0. The van der Waals surface area contributed by atoms with Gasteiger partial charge in [-0.15, -0.1) is 12.8 Å². The number of benzene rings is 2. The van der Waals surface area contributed by atoms with Crippen LogP contribution in [0.4, 0.5) is 0 Å². The van der Waals surface area contributed by atoms with Crippen LogP contribution in [0, 0.1) is 12.2 Å². The average Bonchev–Trinajstić information content (AvgIpc) is 3.44. The molecular weight excluding hydrogens is 670 g/mol. The second kappa shape index (κ2) is 17.9. The molecule has 0 bridgehead atoms. The van der Waals surface area contributed by atoms with Crippen molar-refractivity contribution in [1.82, 2.24) is 0 Å². The number of halogens is 2. The molecule has 2 aromatic rings. The Morgan fingerprint density at radius 1 is 0.588 bits per heavy atom. The van der Waals surface area contributed by atoms with Gasteiger partial charge in [-0.2, -0.15) is 12.2 Å². The Kier molecular flexibility index (Phi) is 18.7. The average molecular weight is 707 g/mol. The van der Waals surface area contributed by atoms with Gasteiger partial charge >= 0.3 is 25.8 Å². The van der Waals surface area contributed by atoms with Gasteiger partial charge in [0.25, 0.3) is 0 Å². The molecule has 6 heteroatoms. The van der Waals surface area contributed by atoms with Crippen LogP contribution in [0.5, 0.6) is 0 Å². The zero-order chi connectivity index (χ0) is 22.7. The van der Waals surface area contributed by atoms with Gasteiger partial charge < -0.3 is 24.8 Å². The van der Waals surface area contributed by atoms with Gasteiger partial charge in [-0.05, 0) is 16.1 Å². The predicted molar refractivity (Wildman–Crippen MR) is 147 cm³/mol. The van der Waals surface area contributed by atoms with Crippen molar-refractivity contribution in [3.63, 3.8) is 0 Å². The minimum Gasteiger partial charge on any atom is -1.00 e. The first-order valence-corrected chi connectivity index (χ1v) is 19.3. The monoisotopic (exact) mass is 707 g/mol. The molecule has 0 aromatic heterocycles. The largest absolute Gasteiger partial charge is 4.00 e. The molecule has 0 atom stereocenters. The van der Waals surface area contributed by atoms with Gasteiger partial charge in [-0.25, -0.2) is 22.5 Å². The summed E-state index contributed by atoms with van der Waals surface area (Å²) < 4.78 is 0. The molecule has 0 fully saturated rings. The van der Waals surface area contributed by atoms with E-state index in [9.17, 15) is 0 Å². The quantitative estimate of drug-likeness (QED) is 0.315. The van der Waals surface area contributed by atoms with Crippen molar-refractivity contribution in [2.45, 2.75) is 52.1 Å². The SMILES string of the molecule is C[Si](C)(C)C1=CC[C-]=C1.C[Si](C)(C)C1=CC[C-]=C1.[Cl-].[Cl-].[Hf+4].c1ccc([SiH]c2ccccc2)cc1. The molecule has 2 aliphatic carbocycles. The minimum atomic E-state index is -0.981. The maximum absolute atomic E-state index is 3.20. The van der Waals surface area contributed by atoms with Crippen LogP contribution in [0.1, 0.15) is 12.8 Å². The van der Waals surface area contributed by atoms with Crippen molar-refractivity contribution >= 4 is 36.0 Å². The van der Waals surface area contributed by atoms with Gasteiger partial charge in [0, 0.05) is 0 Å². The number of allylic oxidation sites excluding steroid dienone is 8. The third kappa shape index (κ3) is 14.2. The van der Waals surface area contributed by atoms with E-state index < -0.39 is 16.1 Å². The van der Waals surface area contributed by atoms with E-state index in [0.717, 1.165) is 12.8 Å². The summed E-state index contributed by atoms with van der Waals surface area (Å²) in [5.74, 6) is 0. The summed E-state index contributed by atoms with van der Waals surface area (Å²) in [6.45, 7) is 14.2. The van der Waals surface area contributed by atoms with Crippen LogP contribution >= 0.6 is 0 Å². The fourth-order valence-corrected chi connectivity index (χ4v) is 6.84. The summed E-state index contributed by atoms with van der Waals surface area (Å²) in [4.78, 5) is 0. The Bertz CT molecular complexity index is 846. The molecule has 0 heterocycles. The molecule has 0 amide bonds. The molecule has 179 valence electrons. The van der Waals surface area contributed by atoms with E-state index in [1.165, 1.54) is 10.4 Å². The van der Waals surface area contributed by atoms with Crippen molar-refractivity contribution in [3.05, 3.63) is 108 Å². The molecule has 2 aromatic carbocycles. The van der Waals surface area contributed by atoms with Crippen molar-refractivity contribution in [2.24, 2.45) is 0 Å². The van der Waals surface area contributed by atoms with E-state index in [-0.39, 0.29) is 60.2 Å². The maximum Gasteiger partial charge on any atom is 4.00 e. The zero-order valence-corrected chi connectivity index (χ0v) is 29.6. The Morgan fingerprint density at radius 2 is 0.912 bits per heavy atom. The minimum absolute atomic E-state index is 0. The summed E-state index contributed by atoms with van der Waals surface area (Å²) in [5.41, 5.74) is 0. The van der Waals surface area contributed by atoms with Crippen LogP contribution < -0.4 is 35.2 Å². The fraction of sp³-hybridized carbons (Fsp3) is 0.286. The third-order valence-electron chi connectivity index (χ3n) is 5.06. The van der Waals surface area contributed by atoms with Crippen LogP contribution in [0.2, 0.25) is 39.3 Å². The molecule has 2 aliphatic rings. The van der Waals surface area contributed by atoms with E-state index in [1.807, 2.05) is 0 Å². The Labute approximate surface area is 244 Å². The Balaban J connectivity index is 0. The molecule has 0 unspecified atom stereocenters. The Hall–Kier alpha value is -0.499. The van der Waals surface area contributed by atoms with Gasteiger partial charge in [0.2, 0.25) is 0 Å². The fourth-order valence-electron chi connectivity index (χ4n) is 3.13. The molecule has 0 spiro atoms. The molecule has 0 nitrogen and oxygen atoms in total. The van der Waals surface area contributed by atoms with E-state index >= 15 is 0 Å². The third-order valence-corrected chi connectivity index (χ3v) is 10.7. The second-order valence-electron chi connectivity index (χ2n) is 9.89. The summed E-state index contributed by atoms with van der Waals surface area (Å²) in [7, 11) is -1.69. The zero-order valence-electron chi connectivity index (χ0n) is 21.3. The molecule has 1 radical (unpaired) electrons. The normalized spacial score (nSPS) is 13.5. The first-order chi connectivity index (χ1) is 14.7. The molecule has 0 N–H and O–H groups in total. The van der Waals surface area contributed by atoms with Crippen LogP contribution in [-0.4, -0.2) is 25.7 Å². The first-order valence-electron chi connectivity index (χ1n) is 11.2. The van der Waals surface area contributed by atoms with E-state index in [0.29, 0.717) is 0 Å². The van der Waals surface area contributed by atoms with E-state index in [4.69, 9.17) is 0 Å². The van der Waals surface area contributed by atoms with Crippen molar-refractivity contribution in [2.75, 3.05) is 0 Å². The predicted octanol–water partition coefficient (Wildman–Crippen LogP) is 0.186. The molecule has 0 saturated carbocycles. The maximum atomic E-state index is 3.20. The van der Waals surface area contributed by atoms with Crippen molar-refractivity contribution in [1.29, 1.82) is 0 Å². The molecule has 4 rings (SSSR count). The number of hydrogen-bond acceptors (Lipinski definition) is 0. The molecule has 0 aliphatic heterocycles. The summed E-state index contributed by atoms with van der Waals surface area (Å²) in [6, 6.07) is 21.3. The topological polar surface area (TPSA) is 0 Å². The second-order valence-corrected chi connectivity index (χ2v) is 21.7. The van der Waals surface area contributed by atoms with Crippen LogP contribution in [0.3, 0.4) is 0 Å². The van der Waals surface area contributed by atoms with Gasteiger partial charge in [0.1, 0.15) is 9.52 Å². The number of rotatable bonds is 4. The first kappa shape index (κ1) is 35.7. The van der Waals surface area contributed by atoms with Gasteiger partial charge in [0.15, 0.2) is 0 Å². The van der Waals surface area contributed by atoms with Gasteiger partial charge in [-0.1, -0.05) is 110 Å². The van der Waals surface area contributed by atoms with Gasteiger partial charge in [0.05, 0.1) is 0 Å². The molecule has 0 saturated heterocycles. The number of hydrogen-bond donors (Lipinski definition) is 0. The van der Waals surface area contributed by atoms with Crippen LogP contribution in [0.15, 0.2) is 95.4 Å². The summed E-state index contributed by atoms with van der Waals surface area (Å²) in [6.07, 6.45) is 17.4. The summed E-state index contributed by atoms with van der Waals surface area (Å²) in [5, 5.41) is 6.02. The Morgan fingerprint density at radius 3 is 1.12 bits per heavy atom. The molecule has 34 heavy (non-hydrogen) atoms. The van der Waals surface area contributed by atoms with Crippen molar-refractivity contribution < 1.29 is 50.7 Å². The van der Waals surface area contributed by atoms with Gasteiger partial charge in [-0.3, -0.25) is 12.2 Å². The standard InChI is InChI=1S/C12H11Si.2C8H13Si.2ClH.Hf/c1-3-7-11(8-4-1)13-12-9-5-2-6-10-12;2*1-9(2,3)8-6-4-5-7-8;;;/h1-10,13H;2*6-7H,4H2,1-3H3;2*1H;/q;2*-1;;;+4/p-2. The van der Waals surface area contributed by atoms with Crippen molar-refractivity contribution in [3.8, 4) is 0 Å².